The van der Waals surface area contributed by atoms with E-state index in [1.54, 1.807) is 0 Å². The number of hydrogen-bond donors (Lipinski definition) is 1. The summed E-state index contributed by atoms with van der Waals surface area (Å²) in [5, 5.41) is 0. The molecular formula is C23H31N3. The average molecular weight is 350 g/mol. The molecule has 26 heavy (non-hydrogen) atoms. The number of fused-ring (bicyclic) bond motifs is 1. The first-order valence-electron chi connectivity index (χ1n) is 9.87. The molecule has 1 saturated carbocycles. The van der Waals surface area contributed by atoms with Gasteiger partial charge in [0.15, 0.2) is 0 Å². The van der Waals surface area contributed by atoms with Crippen LogP contribution in [-0.2, 0) is 18.5 Å². The molecule has 0 aromatic heterocycles. The van der Waals surface area contributed by atoms with Gasteiger partial charge in [-0.25, -0.2) is 0 Å². The van der Waals surface area contributed by atoms with Crippen LogP contribution in [0.4, 0.5) is 0 Å². The highest BCUT2D eigenvalue weighted by molar-refractivity contribution is 5.39. The Morgan fingerprint density at radius 2 is 1.88 bits per heavy atom. The molecule has 3 nitrogen and oxygen atoms in total. The molecule has 138 valence electrons. The van der Waals surface area contributed by atoms with E-state index < -0.39 is 0 Å². The zero-order valence-corrected chi connectivity index (χ0v) is 16.1. The minimum atomic E-state index is 0.323. The molecule has 0 saturated heterocycles. The normalized spacial score (nSPS) is 21.6. The first-order chi connectivity index (χ1) is 12.6. The summed E-state index contributed by atoms with van der Waals surface area (Å²) < 4.78 is 0. The van der Waals surface area contributed by atoms with Gasteiger partial charge in [0.25, 0.3) is 0 Å². The van der Waals surface area contributed by atoms with Crippen LogP contribution in [-0.4, -0.2) is 37.0 Å². The maximum Gasteiger partial charge on any atom is 0.0477 e. The summed E-state index contributed by atoms with van der Waals surface area (Å²) in [6.07, 6.45) is 3.94. The van der Waals surface area contributed by atoms with Gasteiger partial charge in [0.1, 0.15) is 0 Å². The molecule has 1 atom stereocenters. The first kappa shape index (κ1) is 17.7. The molecule has 2 N–H and O–H groups in total. The molecule has 1 fully saturated rings. The summed E-state index contributed by atoms with van der Waals surface area (Å²) in [6.45, 7) is 3.84. The van der Waals surface area contributed by atoms with Gasteiger partial charge in [-0.05, 0) is 49.2 Å². The molecule has 2 aliphatic rings. The van der Waals surface area contributed by atoms with Crippen molar-refractivity contribution in [3.63, 3.8) is 0 Å². The monoisotopic (exact) mass is 349 g/mol. The molecule has 3 heteroatoms. The van der Waals surface area contributed by atoms with Crippen LogP contribution in [0.15, 0.2) is 48.5 Å². The SMILES string of the molecule is CN(C)Cc1ccc2c(c1)C(CN)N(CC1(c3ccccc3)CCC1)C2. The molecular weight excluding hydrogens is 318 g/mol. The Balaban J connectivity index is 1.58. The number of nitrogens with two attached hydrogens (primary N) is 1. The summed E-state index contributed by atoms with van der Waals surface area (Å²) >= 11 is 0. The topological polar surface area (TPSA) is 32.5 Å². The summed E-state index contributed by atoms with van der Waals surface area (Å²) in [4.78, 5) is 4.86. The van der Waals surface area contributed by atoms with Crippen LogP contribution in [0.5, 0.6) is 0 Å². The van der Waals surface area contributed by atoms with Gasteiger partial charge >= 0.3 is 0 Å². The van der Waals surface area contributed by atoms with Crippen LogP contribution < -0.4 is 5.73 Å². The highest BCUT2D eigenvalue weighted by Gasteiger charge is 2.42. The molecule has 0 radical (unpaired) electrons. The molecule has 2 aromatic carbocycles. The summed E-state index contributed by atoms with van der Waals surface area (Å²) in [6, 6.07) is 18.5. The number of nitrogens with zero attached hydrogens (tertiary/aromatic N) is 2. The Labute approximate surface area is 157 Å². The van der Waals surface area contributed by atoms with Crippen LogP contribution in [0.25, 0.3) is 0 Å². The van der Waals surface area contributed by atoms with E-state index in [0.717, 1.165) is 19.6 Å². The maximum atomic E-state index is 6.26. The fourth-order valence-electron chi connectivity index (χ4n) is 4.85. The molecule has 1 unspecified atom stereocenters. The molecule has 1 aliphatic heterocycles. The molecule has 0 bridgehead atoms. The highest BCUT2D eigenvalue weighted by atomic mass is 15.2. The molecule has 0 spiro atoms. The standard InChI is InChI=1S/C23H31N3/c1-25(2)15-18-9-10-19-16-26(22(14-24)21(19)13-18)17-23(11-6-12-23)20-7-4-3-5-8-20/h3-5,7-10,13,22H,6,11-12,14-17,24H2,1-2H3. The lowest BCUT2D eigenvalue weighted by Crippen LogP contribution is -2.46. The Bertz CT molecular complexity index is 749. The van der Waals surface area contributed by atoms with Crippen molar-refractivity contribution in [2.75, 3.05) is 27.2 Å². The quantitative estimate of drug-likeness (QED) is 0.863. The van der Waals surface area contributed by atoms with Gasteiger partial charge in [-0.15, -0.1) is 0 Å². The van der Waals surface area contributed by atoms with Gasteiger partial charge in [0.2, 0.25) is 0 Å². The van der Waals surface area contributed by atoms with Gasteiger partial charge in [-0.1, -0.05) is 55.0 Å². The van der Waals surface area contributed by atoms with E-state index in [2.05, 4.69) is 72.4 Å². The van der Waals surface area contributed by atoms with E-state index in [1.807, 2.05) is 0 Å². The minimum Gasteiger partial charge on any atom is -0.329 e. The van der Waals surface area contributed by atoms with Gasteiger partial charge in [-0.3, -0.25) is 4.90 Å². The number of hydrogen-bond acceptors (Lipinski definition) is 3. The van der Waals surface area contributed by atoms with Crippen LogP contribution >= 0.6 is 0 Å². The Kier molecular flexibility index (Phi) is 4.87. The Morgan fingerprint density at radius 3 is 2.50 bits per heavy atom. The summed E-state index contributed by atoms with van der Waals surface area (Å²) in [5.74, 6) is 0. The van der Waals surface area contributed by atoms with Crippen LogP contribution in [0.3, 0.4) is 0 Å². The van der Waals surface area contributed by atoms with Crippen molar-refractivity contribution >= 4 is 0 Å². The lowest BCUT2D eigenvalue weighted by molar-refractivity contribution is 0.113. The summed E-state index contributed by atoms with van der Waals surface area (Å²) in [5.41, 5.74) is 12.4. The van der Waals surface area contributed by atoms with E-state index in [-0.39, 0.29) is 0 Å². The molecule has 1 aliphatic carbocycles. The predicted octanol–water partition coefficient (Wildman–Crippen LogP) is 3.69. The third-order valence-electron chi connectivity index (χ3n) is 6.31. The van der Waals surface area contributed by atoms with Gasteiger partial charge in [0, 0.05) is 37.6 Å². The number of rotatable bonds is 6. The van der Waals surface area contributed by atoms with E-state index in [9.17, 15) is 0 Å². The van der Waals surface area contributed by atoms with Gasteiger partial charge in [-0.2, -0.15) is 0 Å². The van der Waals surface area contributed by atoms with Crippen molar-refractivity contribution in [1.82, 2.24) is 9.80 Å². The second-order valence-electron chi connectivity index (χ2n) is 8.43. The minimum absolute atomic E-state index is 0.323. The zero-order valence-electron chi connectivity index (χ0n) is 16.1. The summed E-state index contributed by atoms with van der Waals surface area (Å²) in [7, 11) is 4.25. The van der Waals surface area contributed by atoms with Gasteiger partial charge in [0.05, 0.1) is 0 Å². The smallest absolute Gasteiger partial charge is 0.0477 e. The number of benzene rings is 2. The van der Waals surface area contributed by atoms with Crippen molar-refractivity contribution in [1.29, 1.82) is 0 Å². The van der Waals surface area contributed by atoms with Crippen LogP contribution in [0.1, 0.15) is 47.6 Å². The average Bonchev–Trinajstić information content (AvgIpc) is 2.94. The Hall–Kier alpha value is -1.68. The van der Waals surface area contributed by atoms with Crippen LogP contribution in [0.2, 0.25) is 0 Å². The molecule has 2 aromatic rings. The van der Waals surface area contributed by atoms with E-state index in [1.165, 1.54) is 41.5 Å². The van der Waals surface area contributed by atoms with Gasteiger partial charge < -0.3 is 10.6 Å². The molecule has 1 heterocycles. The fourth-order valence-corrected chi connectivity index (χ4v) is 4.85. The lowest BCUT2D eigenvalue weighted by Gasteiger charge is -2.46. The molecule has 0 amide bonds. The largest absolute Gasteiger partial charge is 0.329 e. The van der Waals surface area contributed by atoms with E-state index in [4.69, 9.17) is 5.73 Å². The predicted molar refractivity (Wildman–Crippen MR) is 108 cm³/mol. The van der Waals surface area contributed by atoms with E-state index in [0.29, 0.717) is 18.0 Å². The lowest BCUT2D eigenvalue weighted by atomic mass is 9.64. The Morgan fingerprint density at radius 1 is 1.12 bits per heavy atom. The highest BCUT2D eigenvalue weighted by Crippen LogP contribution is 2.47. The van der Waals surface area contributed by atoms with Crippen molar-refractivity contribution in [3.05, 3.63) is 70.8 Å². The van der Waals surface area contributed by atoms with Crippen molar-refractivity contribution in [2.24, 2.45) is 5.73 Å². The zero-order chi connectivity index (χ0) is 18.1. The third kappa shape index (κ3) is 3.20. The third-order valence-corrected chi connectivity index (χ3v) is 6.31. The second-order valence-corrected chi connectivity index (χ2v) is 8.43. The van der Waals surface area contributed by atoms with Crippen molar-refractivity contribution < 1.29 is 0 Å². The fraction of sp³-hybridized carbons (Fsp3) is 0.478. The van der Waals surface area contributed by atoms with Crippen molar-refractivity contribution in [2.45, 2.75) is 43.8 Å². The van der Waals surface area contributed by atoms with E-state index >= 15 is 0 Å². The molecule has 4 rings (SSSR count). The maximum absolute atomic E-state index is 6.26. The van der Waals surface area contributed by atoms with Crippen molar-refractivity contribution in [3.8, 4) is 0 Å². The van der Waals surface area contributed by atoms with Crippen LogP contribution in [0, 0.1) is 0 Å². The second kappa shape index (κ2) is 7.15. The first-order valence-corrected chi connectivity index (χ1v) is 9.87.